The molecule has 6 aromatic rings. The monoisotopic (exact) mass is 400 g/mol. The van der Waals surface area contributed by atoms with Gasteiger partial charge in [-0.15, -0.1) is 0 Å². The van der Waals surface area contributed by atoms with Crippen LogP contribution in [0.5, 0.6) is 0 Å². The first-order chi connectivity index (χ1) is 15.2. The van der Waals surface area contributed by atoms with E-state index < -0.39 is 0 Å². The summed E-state index contributed by atoms with van der Waals surface area (Å²) in [6, 6.07) is 25.3. The van der Waals surface area contributed by atoms with Crippen LogP contribution >= 0.6 is 0 Å². The Morgan fingerprint density at radius 1 is 0.613 bits per heavy atom. The van der Waals surface area contributed by atoms with Crippen molar-refractivity contribution >= 4 is 32.7 Å². The van der Waals surface area contributed by atoms with Crippen molar-refractivity contribution in [1.29, 1.82) is 0 Å². The average molecular weight is 400 g/mol. The van der Waals surface area contributed by atoms with Gasteiger partial charge in [-0.2, -0.15) is 0 Å². The van der Waals surface area contributed by atoms with Gasteiger partial charge in [0.05, 0.1) is 11.4 Å². The van der Waals surface area contributed by atoms with Crippen LogP contribution in [0.3, 0.4) is 0 Å². The van der Waals surface area contributed by atoms with E-state index in [4.69, 9.17) is 4.42 Å². The lowest BCUT2D eigenvalue weighted by atomic mass is 9.98. The maximum absolute atomic E-state index is 6.55. The number of rotatable bonds is 2. The van der Waals surface area contributed by atoms with Crippen molar-refractivity contribution in [3.05, 3.63) is 96.3 Å². The predicted octanol–water partition coefficient (Wildman–Crippen LogP) is 7.48. The Bertz CT molecular complexity index is 1610. The van der Waals surface area contributed by atoms with Gasteiger partial charge in [-0.3, -0.25) is 9.97 Å². The minimum Gasteiger partial charge on any atom is -0.455 e. The van der Waals surface area contributed by atoms with Gasteiger partial charge in [-0.1, -0.05) is 30.3 Å². The molecular weight excluding hydrogens is 380 g/mol. The molecule has 0 atom stereocenters. The summed E-state index contributed by atoms with van der Waals surface area (Å²) in [5.41, 5.74) is 8.03. The lowest BCUT2D eigenvalue weighted by Gasteiger charge is -2.08. The van der Waals surface area contributed by atoms with E-state index >= 15 is 0 Å². The average Bonchev–Trinajstić information content (AvgIpc) is 3.17. The van der Waals surface area contributed by atoms with E-state index in [9.17, 15) is 0 Å². The summed E-state index contributed by atoms with van der Waals surface area (Å²) in [5.74, 6) is 0. The zero-order valence-corrected chi connectivity index (χ0v) is 17.4. The van der Waals surface area contributed by atoms with Gasteiger partial charge in [0.1, 0.15) is 11.2 Å². The Morgan fingerprint density at radius 3 is 2.16 bits per heavy atom. The summed E-state index contributed by atoms with van der Waals surface area (Å²) < 4.78 is 6.55. The third-order valence-corrected chi connectivity index (χ3v) is 5.87. The Labute approximate surface area is 180 Å². The highest BCUT2D eigenvalue weighted by Crippen LogP contribution is 2.40. The van der Waals surface area contributed by atoms with E-state index in [1.165, 1.54) is 16.5 Å². The van der Waals surface area contributed by atoms with E-state index in [2.05, 4.69) is 84.5 Å². The topological polar surface area (TPSA) is 38.9 Å². The molecule has 3 nitrogen and oxygen atoms in total. The molecule has 3 heteroatoms. The Hall–Kier alpha value is -3.98. The lowest BCUT2D eigenvalue weighted by molar-refractivity contribution is 0.673. The second-order valence-corrected chi connectivity index (χ2v) is 8.10. The van der Waals surface area contributed by atoms with Crippen LogP contribution in [0.1, 0.15) is 11.1 Å². The normalized spacial score (nSPS) is 11.5. The second-order valence-electron chi connectivity index (χ2n) is 8.10. The standard InChI is InChI=1S/C28H20N2O/c1-17-9-11-29-25(13-17)20-15-23-22-8-7-19-5-3-4-6-21(19)27(22)31-28(23)24(16-20)26-14-18(2)10-12-30-26/h3-16H,1-2H3. The summed E-state index contributed by atoms with van der Waals surface area (Å²) in [7, 11) is 0. The van der Waals surface area contributed by atoms with E-state index in [-0.39, 0.29) is 0 Å². The van der Waals surface area contributed by atoms with Gasteiger partial charge in [0.25, 0.3) is 0 Å². The number of fused-ring (bicyclic) bond motifs is 5. The number of benzene rings is 3. The summed E-state index contributed by atoms with van der Waals surface area (Å²) in [6.07, 6.45) is 3.71. The van der Waals surface area contributed by atoms with Crippen molar-refractivity contribution in [1.82, 2.24) is 9.97 Å². The molecule has 3 aromatic carbocycles. The first-order valence-corrected chi connectivity index (χ1v) is 10.4. The quantitative estimate of drug-likeness (QED) is 0.302. The third-order valence-electron chi connectivity index (χ3n) is 5.87. The molecular formula is C28H20N2O. The Balaban J connectivity index is 1.76. The van der Waals surface area contributed by atoms with Gasteiger partial charge in [0.2, 0.25) is 0 Å². The molecule has 0 radical (unpaired) electrons. The number of furan rings is 1. The van der Waals surface area contributed by atoms with Gasteiger partial charge < -0.3 is 4.42 Å². The zero-order chi connectivity index (χ0) is 20.9. The van der Waals surface area contributed by atoms with Gasteiger partial charge in [-0.25, -0.2) is 0 Å². The summed E-state index contributed by atoms with van der Waals surface area (Å²) >= 11 is 0. The molecule has 0 aliphatic rings. The second kappa shape index (κ2) is 6.78. The minimum atomic E-state index is 0.862. The van der Waals surface area contributed by atoms with Crippen LogP contribution in [0.2, 0.25) is 0 Å². The molecule has 0 fully saturated rings. The van der Waals surface area contributed by atoms with Crippen LogP contribution in [0.15, 0.2) is 89.6 Å². The van der Waals surface area contributed by atoms with E-state index in [0.717, 1.165) is 49.8 Å². The molecule has 148 valence electrons. The molecule has 3 heterocycles. The lowest BCUT2D eigenvalue weighted by Crippen LogP contribution is -1.89. The fourth-order valence-electron chi connectivity index (χ4n) is 4.32. The van der Waals surface area contributed by atoms with Crippen molar-refractivity contribution in [3.8, 4) is 22.5 Å². The van der Waals surface area contributed by atoms with Crippen molar-refractivity contribution in [2.24, 2.45) is 0 Å². The number of hydrogen-bond acceptors (Lipinski definition) is 3. The minimum absolute atomic E-state index is 0.862. The van der Waals surface area contributed by atoms with Crippen molar-refractivity contribution in [3.63, 3.8) is 0 Å². The maximum Gasteiger partial charge on any atom is 0.144 e. The van der Waals surface area contributed by atoms with Gasteiger partial charge >= 0.3 is 0 Å². The van der Waals surface area contributed by atoms with Crippen LogP contribution in [-0.2, 0) is 0 Å². The van der Waals surface area contributed by atoms with Gasteiger partial charge in [0, 0.05) is 39.7 Å². The predicted molar refractivity (Wildman–Crippen MR) is 127 cm³/mol. The molecule has 3 aromatic heterocycles. The molecule has 0 bridgehead atoms. The molecule has 0 aliphatic carbocycles. The van der Waals surface area contributed by atoms with Crippen LogP contribution in [0, 0.1) is 13.8 Å². The van der Waals surface area contributed by atoms with Crippen molar-refractivity contribution in [2.45, 2.75) is 13.8 Å². The van der Waals surface area contributed by atoms with E-state index in [1.54, 1.807) is 0 Å². The molecule has 0 saturated carbocycles. The van der Waals surface area contributed by atoms with E-state index in [0.29, 0.717) is 0 Å². The summed E-state index contributed by atoms with van der Waals surface area (Å²) in [4.78, 5) is 9.30. The van der Waals surface area contributed by atoms with E-state index in [1.807, 2.05) is 24.5 Å². The highest BCUT2D eigenvalue weighted by atomic mass is 16.3. The third kappa shape index (κ3) is 2.89. The first-order valence-electron chi connectivity index (χ1n) is 10.4. The van der Waals surface area contributed by atoms with Crippen LogP contribution < -0.4 is 0 Å². The highest BCUT2D eigenvalue weighted by Gasteiger charge is 2.17. The van der Waals surface area contributed by atoms with Crippen LogP contribution in [0.25, 0.3) is 55.2 Å². The van der Waals surface area contributed by atoms with Gasteiger partial charge in [0.15, 0.2) is 0 Å². The fraction of sp³-hybridized carbons (Fsp3) is 0.0714. The number of aryl methyl sites for hydroxylation is 2. The largest absolute Gasteiger partial charge is 0.455 e. The Morgan fingerprint density at radius 2 is 1.35 bits per heavy atom. The number of nitrogens with zero attached hydrogens (tertiary/aromatic N) is 2. The number of hydrogen-bond donors (Lipinski definition) is 0. The van der Waals surface area contributed by atoms with Crippen molar-refractivity contribution in [2.75, 3.05) is 0 Å². The molecule has 0 saturated heterocycles. The fourth-order valence-corrected chi connectivity index (χ4v) is 4.32. The van der Waals surface area contributed by atoms with Crippen molar-refractivity contribution < 1.29 is 4.42 Å². The first kappa shape index (κ1) is 17.8. The molecule has 0 amide bonds. The SMILES string of the molecule is Cc1ccnc(-c2cc(-c3cc(C)ccn3)c3oc4c5ccccc5ccc4c3c2)c1. The summed E-state index contributed by atoms with van der Waals surface area (Å²) in [5, 5.41) is 4.48. The van der Waals surface area contributed by atoms with Gasteiger partial charge in [-0.05, 0) is 72.8 Å². The molecule has 0 spiro atoms. The number of pyridine rings is 2. The molecule has 0 unspecified atom stereocenters. The molecule has 0 N–H and O–H groups in total. The Kier molecular flexibility index (Phi) is 3.90. The smallest absolute Gasteiger partial charge is 0.144 e. The van der Waals surface area contributed by atoms with Crippen LogP contribution in [-0.4, -0.2) is 9.97 Å². The molecule has 6 rings (SSSR count). The number of aromatic nitrogens is 2. The zero-order valence-electron chi connectivity index (χ0n) is 17.4. The summed E-state index contributed by atoms with van der Waals surface area (Å²) in [6.45, 7) is 4.17. The van der Waals surface area contributed by atoms with Crippen LogP contribution in [0.4, 0.5) is 0 Å². The molecule has 0 aliphatic heterocycles. The highest BCUT2D eigenvalue weighted by molar-refractivity contribution is 6.17. The molecule has 31 heavy (non-hydrogen) atoms. The maximum atomic E-state index is 6.55.